The molecule has 0 aliphatic carbocycles. The van der Waals surface area contributed by atoms with E-state index in [4.69, 9.17) is 14.2 Å². The summed E-state index contributed by atoms with van der Waals surface area (Å²) < 4.78 is 44.5. The van der Waals surface area contributed by atoms with Gasteiger partial charge in [0, 0.05) is 6.07 Å². The average Bonchev–Trinajstić information content (AvgIpc) is 2.89. The Morgan fingerprint density at radius 2 is 1.56 bits per heavy atom. The summed E-state index contributed by atoms with van der Waals surface area (Å²) in [5.74, 6) is 1.39. The summed E-state index contributed by atoms with van der Waals surface area (Å²) in [6.07, 6.45) is 0. The van der Waals surface area contributed by atoms with Crippen LogP contribution in [0.3, 0.4) is 0 Å². The lowest BCUT2D eigenvalue weighted by Gasteiger charge is -2.25. The van der Waals surface area contributed by atoms with Crippen molar-refractivity contribution in [3.63, 3.8) is 0 Å². The van der Waals surface area contributed by atoms with Crippen molar-refractivity contribution in [1.82, 2.24) is 5.32 Å². The van der Waals surface area contributed by atoms with Gasteiger partial charge in [-0.15, -0.1) is 0 Å². The van der Waals surface area contributed by atoms with Crippen molar-refractivity contribution in [1.29, 1.82) is 0 Å². The normalized spacial score (nSPS) is 11.1. The molecule has 0 spiro atoms. The number of nitrogens with one attached hydrogen (secondary N) is 1. The molecule has 3 aromatic carbocycles. The minimum Gasteiger partial charge on any atom is -0.493 e. The molecule has 0 fully saturated rings. The summed E-state index contributed by atoms with van der Waals surface area (Å²) >= 11 is 0. The fourth-order valence-corrected chi connectivity index (χ4v) is 5.08. The van der Waals surface area contributed by atoms with Crippen LogP contribution in [0.5, 0.6) is 17.2 Å². The molecule has 0 saturated carbocycles. The smallest absolute Gasteiger partial charge is 0.264 e. The minimum atomic E-state index is -4.04. The zero-order valence-electron chi connectivity index (χ0n) is 20.9. The largest absolute Gasteiger partial charge is 0.493 e. The van der Waals surface area contributed by atoms with Crippen molar-refractivity contribution in [2.24, 2.45) is 0 Å². The van der Waals surface area contributed by atoms with Gasteiger partial charge in [-0.3, -0.25) is 9.10 Å². The maximum Gasteiger partial charge on any atom is 0.264 e. The van der Waals surface area contributed by atoms with Crippen LogP contribution in [0.4, 0.5) is 5.69 Å². The third-order valence-electron chi connectivity index (χ3n) is 5.50. The van der Waals surface area contributed by atoms with Crippen LogP contribution >= 0.6 is 0 Å². The van der Waals surface area contributed by atoms with Crippen LogP contribution in [0.1, 0.15) is 25.3 Å². The van der Waals surface area contributed by atoms with Crippen molar-refractivity contribution in [3.05, 3.63) is 78.4 Å². The molecule has 3 rings (SSSR count). The number of benzene rings is 3. The molecule has 192 valence electrons. The lowest BCUT2D eigenvalue weighted by Crippen LogP contribution is -2.42. The third-order valence-corrected chi connectivity index (χ3v) is 7.28. The second-order valence-corrected chi connectivity index (χ2v) is 10.1. The summed E-state index contributed by atoms with van der Waals surface area (Å²) in [7, 11) is -1.09. The first-order chi connectivity index (χ1) is 17.3. The molecule has 0 aromatic heterocycles. The van der Waals surface area contributed by atoms with Gasteiger partial charge in [0.05, 0.1) is 31.3 Å². The number of amides is 1. The second kappa shape index (κ2) is 12.3. The number of sulfonamides is 1. The van der Waals surface area contributed by atoms with Gasteiger partial charge in [0.15, 0.2) is 11.5 Å². The molecule has 1 N–H and O–H groups in total. The molecule has 3 aromatic rings. The Balaban J connectivity index is 1.76. The van der Waals surface area contributed by atoms with Crippen LogP contribution in [0.2, 0.25) is 0 Å². The Morgan fingerprint density at radius 3 is 2.22 bits per heavy atom. The summed E-state index contributed by atoms with van der Waals surface area (Å²) in [4.78, 5) is 12.9. The second-order valence-electron chi connectivity index (χ2n) is 8.25. The highest BCUT2D eigenvalue weighted by Gasteiger charge is 2.28. The molecule has 0 unspecified atom stereocenters. The van der Waals surface area contributed by atoms with Gasteiger partial charge < -0.3 is 19.5 Å². The molecule has 0 aliphatic heterocycles. The predicted molar refractivity (Wildman–Crippen MR) is 140 cm³/mol. The number of carbonyl (C=O) groups excluding carboxylic acids is 1. The highest BCUT2D eigenvalue weighted by atomic mass is 32.2. The number of rotatable bonds is 12. The first-order valence-electron chi connectivity index (χ1n) is 11.6. The first kappa shape index (κ1) is 26.9. The zero-order chi connectivity index (χ0) is 26.1. The lowest BCUT2D eigenvalue weighted by molar-refractivity contribution is -0.119. The molecule has 36 heavy (non-hydrogen) atoms. The number of hydrogen-bond acceptors (Lipinski definition) is 6. The van der Waals surface area contributed by atoms with Crippen LogP contribution in [-0.2, 0) is 14.8 Å². The van der Waals surface area contributed by atoms with Gasteiger partial charge in [-0.05, 0) is 41.8 Å². The Kier molecular flexibility index (Phi) is 9.19. The lowest BCUT2D eigenvalue weighted by atomic mass is 10.0. The number of anilines is 1. The maximum absolute atomic E-state index is 13.5. The van der Waals surface area contributed by atoms with E-state index in [-0.39, 0.29) is 23.7 Å². The SMILES string of the molecule is COc1ccc(N(CC(=O)NCCOc2ccccc2C(C)C)S(=O)(=O)c2ccccc2)cc1OC. The molecule has 0 aliphatic rings. The molecule has 0 saturated heterocycles. The highest BCUT2D eigenvalue weighted by molar-refractivity contribution is 7.92. The predicted octanol–water partition coefficient (Wildman–Crippen LogP) is 4.22. The van der Waals surface area contributed by atoms with E-state index in [1.54, 1.807) is 30.3 Å². The summed E-state index contributed by atoms with van der Waals surface area (Å²) in [5.41, 5.74) is 1.35. The summed E-state index contributed by atoms with van der Waals surface area (Å²) in [6, 6.07) is 20.4. The molecule has 0 heterocycles. The quantitative estimate of drug-likeness (QED) is 0.365. The molecular weight excluding hydrogens is 480 g/mol. The molecule has 1 amide bonds. The fraction of sp³-hybridized carbons (Fsp3) is 0.296. The molecular formula is C27H32N2O6S. The van der Waals surface area contributed by atoms with Gasteiger partial charge in [0.1, 0.15) is 18.9 Å². The van der Waals surface area contributed by atoms with Gasteiger partial charge in [-0.1, -0.05) is 50.2 Å². The van der Waals surface area contributed by atoms with Gasteiger partial charge in [-0.25, -0.2) is 8.42 Å². The molecule has 9 heteroatoms. The van der Waals surface area contributed by atoms with Crippen molar-refractivity contribution < 1.29 is 27.4 Å². The van der Waals surface area contributed by atoms with E-state index in [0.717, 1.165) is 15.6 Å². The van der Waals surface area contributed by atoms with E-state index in [2.05, 4.69) is 19.2 Å². The van der Waals surface area contributed by atoms with Crippen molar-refractivity contribution in [2.75, 3.05) is 38.2 Å². The van der Waals surface area contributed by atoms with E-state index >= 15 is 0 Å². The van der Waals surface area contributed by atoms with Crippen molar-refractivity contribution >= 4 is 21.6 Å². The van der Waals surface area contributed by atoms with E-state index in [1.807, 2.05) is 24.3 Å². The van der Waals surface area contributed by atoms with E-state index in [0.29, 0.717) is 17.4 Å². The summed E-state index contributed by atoms with van der Waals surface area (Å²) in [6.45, 7) is 4.21. The van der Waals surface area contributed by atoms with Crippen LogP contribution in [0, 0.1) is 0 Å². The molecule has 0 bridgehead atoms. The topological polar surface area (TPSA) is 94.2 Å². The van der Waals surface area contributed by atoms with E-state index in [9.17, 15) is 13.2 Å². The number of methoxy groups -OCH3 is 2. The Bertz CT molecular complexity index is 1260. The number of ether oxygens (including phenoxy) is 3. The van der Waals surface area contributed by atoms with E-state index < -0.39 is 22.5 Å². The standard InChI is InChI=1S/C27H32N2O6S/c1-20(2)23-12-8-9-13-24(23)35-17-16-28-27(30)19-29(36(31,32)22-10-6-5-7-11-22)21-14-15-25(33-3)26(18-21)34-4/h5-15,18,20H,16-17,19H2,1-4H3,(H,28,30). The Morgan fingerprint density at radius 1 is 0.889 bits per heavy atom. The van der Waals surface area contributed by atoms with Gasteiger partial charge in [0.2, 0.25) is 5.91 Å². The monoisotopic (exact) mass is 512 g/mol. The minimum absolute atomic E-state index is 0.0706. The molecule has 0 radical (unpaired) electrons. The van der Waals surface area contributed by atoms with Gasteiger partial charge >= 0.3 is 0 Å². The fourth-order valence-electron chi connectivity index (χ4n) is 3.64. The number of hydrogen-bond donors (Lipinski definition) is 1. The van der Waals surface area contributed by atoms with Crippen molar-refractivity contribution in [2.45, 2.75) is 24.7 Å². The maximum atomic E-state index is 13.5. The van der Waals surface area contributed by atoms with Crippen molar-refractivity contribution in [3.8, 4) is 17.2 Å². The van der Waals surface area contributed by atoms with Crippen LogP contribution in [-0.4, -0.2) is 48.2 Å². The number of carbonyl (C=O) groups is 1. The van der Waals surface area contributed by atoms with Crippen LogP contribution in [0.15, 0.2) is 77.7 Å². The molecule has 8 nitrogen and oxygen atoms in total. The zero-order valence-corrected chi connectivity index (χ0v) is 21.7. The van der Waals surface area contributed by atoms with E-state index in [1.165, 1.54) is 32.4 Å². The number of nitrogens with zero attached hydrogens (tertiary/aromatic N) is 1. The average molecular weight is 513 g/mol. The first-order valence-corrected chi connectivity index (χ1v) is 13.0. The summed E-state index contributed by atoms with van der Waals surface area (Å²) in [5, 5.41) is 2.75. The molecule has 0 atom stereocenters. The number of para-hydroxylation sites is 1. The Labute approximate surface area is 212 Å². The van der Waals surface area contributed by atoms with Crippen LogP contribution in [0.25, 0.3) is 0 Å². The van der Waals surface area contributed by atoms with Crippen LogP contribution < -0.4 is 23.8 Å². The third kappa shape index (κ3) is 6.48. The van der Waals surface area contributed by atoms with Gasteiger partial charge in [-0.2, -0.15) is 0 Å². The Hall–Kier alpha value is -3.72. The van der Waals surface area contributed by atoms with Gasteiger partial charge in [0.25, 0.3) is 10.0 Å². The highest BCUT2D eigenvalue weighted by Crippen LogP contribution is 2.33.